The van der Waals surface area contributed by atoms with Crippen molar-refractivity contribution in [3.05, 3.63) is 65.2 Å². The van der Waals surface area contributed by atoms with Crippen LogP contribution in [0, 0.1) is 0 Å². The molecule has 1 amide bonds. The van der Waals surface area contributed by atoms with Gasteiger partial charge in [-0.05, 0) is 24.5 Å². The summed E-state index contributed by atoms with van der Waals surface area (Å²) < 4.78 is 5.83. The van der Waals surface area contributed by atoms with E-state index >= 15 is 0 Å². The van der Waals surface area contributed by atoms with Gasteiger partial charge in [0, 0.05) is 50.3 Å². The van der Waals surface area contributed by atoms with Crippen molar-refractivity contribution >= 4 is 11.7 Å². The van der Waals surface area contributed by atoms with Gasteiger partial charge < -0.3 is 9.64 Å². The fourth-order valence-corrected chi connectivity index (χ4v) is 4.01. The van der Waals surface area contributed by atoms with Gasteiger partial charge in [-0.1, -0.05) is 42.5 Å². The summed E-state index contributed by atoms with van der Waals surface area (Å²) in [5, 5.41) is 0. The number of hydrogen-bond donors (Lipinski definition) is 0. The highest BCUT2D eigenvalue weighted by molar-refractivity contribution is 5.99. The monoisotopic (exact) mass is 378 g/mol. The number of nitrogens with zero attached hydrogens (tertiary/aromatic N) is 2. The van der Waals surface area contributed by atoms with Crippen molar-refractivity contribution in [1.82, 2.24) is 9.80 Å². The van der Waals surface area contributed by atoms with Crippen LogP contribution in [0.3, 0.4) is 0 Å². The van der Waals surface area contributed by atoms with E-state index in [1.807, 2.05) is 29.2 Å². The highest BCUT2D eigenvalue weighted by atomic mass is 16.5. The van der Waals surface area contributed by atoms with Crippen LogP contribution in [0.25, 0.3) is 0 Å². The number of rotatable bonds is 5. The highest BCUT2D eigenvalue weighted by Gasteiger charge is 2.23. The molecule has 1 saturated heterocycles. The number of carbonyl (C=O) groups is 2. The summed E-state index contributed by atoms with van der Waals surface area (Å²) in [4.78, 5) is 28.9. The van der Waals surface area contributed by atoms with E-state index in [9.17, 15) is 9.59 Å². The quantitative estimate of drug-likeness (QED) is 0.803. The summed E-state index contributed by atoms with van der Waals surface area (Å²) in [5.74, 6) is 0.869. The second kappa shape index (κ2) is 8.57. The van der Waals surface area contributed by atoms with Gasteiger partial charge in [0.1, 0.15) is 5.75 Å². The Bertz CT molecular complexity index is 842. The summed E-state index contributed by atoms with van der Waals surface area (Å²) in [6.07, 6.45) is 2.29. The number of Topliss-reactive ketones (excluding diaryl/α,β-unsaturated/α-hetero) is 1. The molecule has 0 radical (unpaired) electrons. The predicted octanol–water partition coefficient (Wildman–Crippen LogP) is 2.93. The lowest BCUT2D eigenvalue weighted by Gasteiger charge is -2.34. The second-order valence-corrected chi connectivity index (χ2v) is 7.49. The third-order valence-electron chi connectivity index (χ3n) is 5.59. The van der Waals surface area contributed by atoms with Crippen LogP contribution in [0.2, 0.25) is 0 Å². The van der Waals surface area contributed by atoms with Crippen molar-refractivity contribution in [3.8, 4) is 5.75 Å². The Morgan fingerprint density at radius 2 is 1.71 bits per heavy atom. The maximum absolute atomic E-state index is 12.6. The molecule has 1 aliphatic heterocycles. The zero-order valence-electron chi connectivity index (χ0n) is 16.1. The summed E-state index contributed by atoms with van der Waals surface area (Å²) in [7, 11) is 0. The summed E-state index contributed by atoms with van der Waals surface area (Å²) >= 11 is 0. The first-order chi connectivity index (χ1) is 13.7. The Balaban J connectivity index is 1.29. The summed E-state index contributed by atoms with van der Waals surface area (Å²) in [6, 6.07) is 16.0. The Kier molecular flexibility index (Phi) is 5.72. The minimum Gasteiger partial charge on any atom is -0.483 e. The molecule has 0 spiro atoms. The first-order valence-electron chi connectivity index (χ1n) is 10.0. The minimum atomic E-state index is 0.0131. The second-order valence-electron chi connectivity index (χ2n) is 7.49. The molecule has 2 aromatic carbocycles. The van der Waals surface area contributed by atoms with Gasteiger partial charge in [-0.3, -0.25) is 14.5 Å². The molecule has 1 aliphatic carbocycles. The smallest absolute Gasteiger partial charge is 0.260 e. The van der Waals surface area contributed by atoms with E-state index in [1.54, 1.807) is 0 Å². The number of benzene rings is 2. The van der Waals surface area contributed by atoms with Gasteiger partial charge >= 0.3 is 0 Å². The minimum absolute atomic E-state index is 0.0131. The molecule has 5 nitrogen and oxygen atoms in total. The van der Waals surface area contributed by atoms with Gasteiger partial charge in [-0.15, -0.1) is 0 Å². The third-order valence-corrected chi connectivity index (χ3v) is 5.59. The molecule has 146 valence electrons. The third kappa shape index (κ3) is 4.25. The first kappa shape index (κ1) is 18.7. The van der Waals surface area contributed by atoms with E-state index in [1.165, 1.54) is 5.56 Å². The van der Waals surface area contributed by atoms with E-state index in [2.05, 4.69) is 29.2 Å². The number of piperazine rings is 1. The molecule has 0 saturated carbocycles. The Hall–Kier alpha value is -2.66. The first-order valence-corrected chi connectivity index (χ1v) is 10.0. The molecule has 1 heterocycles. The predicted molar refractivity (Wildman–Crippen MR) is 108 cm³/mol. The van der Waals surface area contributed by atoms with Crippen molar-refractivity contribution in [2.45, 2.75) is 25.8 Å². The molecule has 2 aromatic rings. The molecule has 0 N–H and O–H groups in total. The molecule has 0 bridgehead atoms. The summed E-state index contributed by atoms with van der Waals surface area (Å²) in [6.45, 7) is 4.14. The van der Waals surface area contributed by atoms with Gasteiger partial charge in [0.05, 0.1) is 0 Å². The zero-order chi connectivity index (χ0) is 19.3. The molecule has 2 aliphatic rings. The van der Waals surface area contributed by atoms with Crippen LogP contribution in [0.4, 0.5) is 0 Å². The van der Waals surface area contributed by atoms with E-state index in [0.29, 0.717) is 12.2 Å². The van der Waals surface area contributed by atoms with Crippen LogP contribution >= 0.6 is 0 Å². The van der Waals surface area contributed by atoms with Gasteiger partial charge in [0.15, 0.2) is 12.4 Å². The number of fused-ring (bicyclic) bond motifs is 1. The topological polar surface area (TPSA) is 49.9 Å². The van der Waals surface area contributed by atoms with Crippen LogP contribution in [0.15, 0.2) is 48.5 Å². The molecule has 4 rings (SSSR count). The van der Waals surface area contributed by atoms with Crippen molar-refractivity contribution in [2.75, 3.05) is 32.8 Å². The van der Waals surface area contributed by atoms with Crippen molar-refractivity contribution in [2.24, 2.45) is 0 Å². The van der Waals surface area contributed by atoms with E-state index in [0.717, 1.165) is 56.7 Å². The van der Waals surface area contributed by atoms with Gasteiger partial charge in [0.2, 0.25) is 0 Å². The lowest BCUT2D eigenvalue weighted by molar-refractivity contribution is -0.135. The lowest BCUT2D eigenvalue weighted by Crippen LogP contribution is -2.49. The van der Waals surface area contributed by atoms with Crippen molar-refractivity contribution < 1.29 is 14.3 Å². The molecular weight excluding hydrogens is 352 g/mol. The number of amides is 1. The van der Waals surface area contributed by atoms with Crippen molar-refractivity contribution in [1.29, 1.82) is 0 Å². The van der Waals surface area contributed by atoms with E-state index < -0.39 is 0 Å². The number of carbonyl (C=O) groups excluding carboxylic acids is 2. The molecule has 0 aromatic heterocycles. The van der Waals surface area contributed by atoms with Crippen LogP contribution in [-0.4, -0.2) is 54.3 Å². The van der Waals surface area contributed by atoms with Crippen LogP contribution in [-0.2, 0) is 17.8 Å². The molecular formula is C23H26N2O3. The summed E-state index contributed by atoms with van der Waals surface area (Å²) in [5.41, 5.74) is 3.01. The van der Waals surface area contributed by atoms with Crippen LogP contribution in [0.1, 0.15) is 34.3 Å². The standard InChI is InChI=1S/C23H26N2O3/c26-21-10-4-9-20-19(21)8-5-11-22(20)28-17-23(27)25-14-12-24(13-15-25)16-18-6-2-1-3-7-18/h1-3,5-8,11H,4,9-10,12-17H2. The average Bonchev–Trinajstić information content (AvgIpc) is 2.74. The molecule has 5 heteroatoms. The van der Waals surface area contributed by atoms with Gasteiger partial charge in [-0.2, -0.15) is 0 Å². The Labute approximate surface area is 165 Å². The van der Waals surface area contributed by atoms with Gasteiger partial charge in [0.25, 0.3) is 5.91 Å². The lowest BCUT2D eigenvalue weighted by atomic mass is 9.90. The maximum Gasteiger partial charge on any atom is 0.260 e. The number of hydrogen-bond acceptors (Lipinski definition) is 4. The Morgan fingerprint density at radius 3 is 2.50 bits per heavy atom. The highest BCUT2D eigenvalue weighted by Crippen LogP contribution is 2.29. The fraction of sp³-hybridized carbons (Fsp3) is 0.391. The number of ketones is 1. The largest absolute Gasteiger partial charge is 0.483 e. The zero-order valence-corrected chi connectivity index (χ0v) is 16.1. The van der Waals surface area contributed by atoms with Crippen LogP contribution < -0.4 is 4.74 Å². The molecule has 1 fully saturated rings. The van der Waals surface area contributed by atoms with Gasteiger partial charge in [-0.25, -0.2) is 0 Å². The van der Waals surface area contributed by atoms with E-state index in [-0.39, 0.29) is 18.3 Å². The maximum atomic E-state index is 12.6. The normalized spacial score (nSPS) is 17.3. The fourth-order valence-electron chi connectivity index (χ4n) is 4.01. The SMILES string of the molecule is O=C1CCCc2c(OCC(=O)N3CCN(Cc4ccccc4)CC3)cccc21. The molecule has 28 heavy (non-hydrogen) atoms. The molecule has 0 unspecified atom stereocenters. The van der Waals surface area contributed by atoms with E-state index in [4.69, 9.17) is 4.74 Å². The number of ether oxygens (including phenoxy) is 1. The Morgan fingerprint density at radius 1 is 0.929 bits per heavy atom. The average molecular weight is 378 g/mol. The molecule has 0 atom stereocenters. The van der Waals surface area contributed by atoms with Crippen LogP contribution in [0.5, 0.6) is 5.75 Å². The van der Waals surface area contributed by atoms with Crippen molar-refractivity contribution in [3.63, 3.8) is 0 Å².